The Balaban J connectivity index is 1.71. The number of carboxylic acids is 1. The number of ether oxygens (including phenoxy) is 1. The Bertz CT molecular complexity index is 1040. The van der Waals surface area contributed by atoms with Crippen LogP contribution in [0.1, 0.15) is 58.6 Å². The van der Waals surface area contributed by atoms with E-state index in [1.165, 1.54) is 13.8 Å². The fraction of sp³-hybridized carbons (Fsp3) is 0.444. The molecule has 3 N–H and O–H groups in total. The van der Waals surface area contributed by atoms with Crippen molar-refractivity contribution < 1.29 is 24.2 Å². The van der Waals surface area contributed by atoms with Crippen LogP contribution in [0, 0.1) is 11.3 Å². The van der Waals surface area contributed by atoms with Gasteiger partial charge >= 0.3 is 12.1 Å². The second-order valence-corrected chi connectivity index (χ2v) is 10.3. The largest absolute Gasteiger partial charge is 0.480 e. The summed E-state index contributed by atoms with van der Waals surface area (Å²) in [4.78, 5) is 37.3. The molecule has 3 rings (SSSR count). The molecule has 1 aliphatic carbocycles. The van der Waals surface area contributed by atoms with E-state index in [2.05, 4.69) is 34.9 Å². The van der Waals surface area contributed by atoms with Gasteiger partial charge in [-0.3, -0.25) is 4.79 Å². The van der Waals surface area contributed by atoms with E-state index in [4.69, 9.17) is 4.74 Å². The number of benzene rings is 2. The van der Waals surface area contributed by atoms with Gasteiger partial charge in [0, 0.05) is 12.0 Å². The summed E-state index contributed by atoms with van der Waals surface area (Å²) in [5, 5.41) is 14.8. The van der Waals surface area contributed by atoms with E-state index in [-0.39, 0.29) is 18.4 Å². The van der Waals surface area contributed by atoms with E-state index in [9.17, 15) is 19.5 Å². The van der Waals surface area contributed by atoms with Gasteiger partial charge in [0.2, 0.25) is 5.91 Å². The molecule has 2 aromatic carbocycles. The topological polar surface area (TPSA) is 105 Å². The highest BCUT2D eigenvalue weighted by Crippen LogP contribution is 2.44. The normalized spacial score (nSPS) is 14.2. The second-order valence-electron chi connectivity index (χ2n) is 10.3. The van der Waals surface area contributed by atoms with Crippen LogP contribution in [0.15, 0.2) is 48.5 Å². The van der Waals surface area contributed by atoms with Crippen LogP contribution in [0.3, 0.4) is 0 Å². The predicted octanol–water partition coefficient (Wildman–Crippen LogP) is 4.56. The molecule has 1 unspecified atom stereocenters. The number of hydrogen-bond donors (Lipinski definition) is 3. The van der Waals surface area contributed by atoms with Crippen LogP contribution in [0.2, 0.25) is 0 Å². The third-order valence-electron chi connectivity index (χ3n) is 6.61. The van der Waals surface area contributed by atoms with Gasteiger partial charge in [0.25, 0.3) is 0 Å². The minimum Gasteiger partial charge on any atom is -0.480 e. The Hall–Kier alpha value is -3.35. The van der Waals surface area contributed by atoms with Gasteiger partial charge in [0.15, 0.2) is 0 Å². The summed E-state index contributed by atoms with van der Waals surface area (Å²) in [7, 11) is 0. The summed E-state index contributed by atoms with van der Waals surface area (Å²) in [6.45, 7) is 10.2. The Morgan fingerprint density at radius 3 is 1.91 bits per heavy atom. The van der Waals surface area contributed by atoms with Crippen molar-refractivity contribution in [3.05, 3.63) is 59.7 Å². The maximum atomic E-state index is 13.0. The van der Waals surface area contributed by atoms with E-state index >= 15 is 0 Å². The molecule has 0 fully saturated rings. The van der Waals surface area contributed by atoms with Crippen molar-refractivity contribution in [1.29, 1.82) is 0 Å². The number of rotatable bonds is 8. The summed E-state index contributed by atoms with van der Waals surface area (Å²) in [6, 6.07) is 15.6. The number of carboxylic acid groups (broad SMARTS) is 1. The molecule has 0 bridgehead atoms. The lowest BCUT2D eigenvalue weighted by Gasteiger charge is -2.38. The molecule has 0 saturated carbocycles. The summed E-state index contributed by atoms with van der Waals surface area (Å²) in [5.74, 6) is -1.77. The average Bonchev–Trinajstić information content (AvgIpc) is 3.09. The Kier molecular flexibility index (Phi) is 7.05. The molecule has 0 saturated heterocycles. The van der Waals surface area contributed by atoms with Gasteiger partial charge in [-0.2, -0.15) is 0 Å². The number of aliphatic carboxylic acids is 1. The van der Waals surface area contributed by atoms with Crippen molar-refractivity contribution in [3.63, 3.8) is 0 Å². The van der Waals surface area contributed by atoms with Crippen LogP contribution in [0.4, 0.5) is 4.79 Å². The first-order valence-corrected chi connectivity index (χ1v) is 11.5. The highest BCUT2D eigenvalue weighted by molar-refractivity contribution is 5.90. The minimum absolute atomic E-state index is 0.0664. The smallest absolute Gasteiger partial charge is 0.407 e. The summed E-state index contributed by atoms with van der Waals surface area (Å²) in [5.41, 5.74) is 2.02. The van der Waals surface area contributed by atoms with Gasteiger partial charge < -0.3 is 20.5 Å². The van der Waals surface area contributed by atoms with Crippen molar-refractivity contribution in [2.75, 3.05) is 6.61 Å². The zero-order chi connectivity index (χ0) is 25.3. The van der Waals surface area contributed by atoms with E-state index in [0.717, 1.165) is 22.3 Å². The quantitative estimate of drug-likeness (QED) is 0.529. The molecule has 0 aromatic heterocycles. The third kappa shape index (κ3) is 4.93. The lowest BCUT2D eigenvalue weighted by atomic mass is 9.77. The third-order valence-corrected chi connectivity index (χ3v) is 6.61. The Morgan fingerprint density at radius 1 is 0.941 bits per heavy atom. The molecule has 7 heteroatoms. The molecule has 0 radical (unpaired) electrons. The highest BCUT2D eigenvalue weighted by atomic mass is 16.5. The first-order valence-electron chi connectivity index (χ1n) is 11.5. The molecule has 0 heterocycles. The number of fused-ring (bicyclic) bond motifs is 3. The van der Waals surface area contributed by atoms with Crippen molar-refractivity contribution in [2.45, 2.75) is 59.0 Å². The number of amides is 2. The number of hydrogen-bond acceptors (Lipinski definition) is 4. The molecule has 34 heavy (non-hydrogen) atoms. The van der Waals surface area contributed by atoms with Crippen molar-refractivity contribution in [1.82, 2.24) is 10.6 Å². The lowest BCUT2D eigenvalue weighted by molar-refractivity contribution is -0.148. The van der Waals surface area contributed by atoms with Crippen LogP contribution < -0.4 is 10.6 Å². The molecule has 182 valence electrons. The molecule has 0 aliphatic heterocycles. The first kappa shape index (κ1) is 25.3. The molecule has 7 nitrogen and oxygen atoms in total. The fourth-order valence-electron chi connectivity index (χ4n) is 4.59. The molecule has 1 aliphatic rings. The monoisotopic (exact) mass is 466 g/mol. The molecular weight excluding hydrogens is 432 g/mol. The second kappa shape index (κ2) is 9.49. The average molecular weight is 467 g/mol. The van der Waals surface area contributed by atoms with Crippen LogP contribution in [-0.4, -0.2) is 41.3 Å². The predicted molar refractivity (Wildman–Crippen MR) is 130 cm³/mol. The van der Waals surface area contributed by atoms with E-state index in [0.29, 0.717) is 0 Å². The molecule has 0 spiro atoms. The number of carbonyl (C=O) groups excluding carboxylic acids is 2. The van der Waals surface area contributed by atoms with Gasteiger partial charge in [0.1, 0.15) is 12.1 Å². The summed E-state index contributed by atoms with van der Waals surface area (Å²) >= 11 is 0. The highest BCUT2D eigenvalue weighted by Gasteiger charge is 2.43. The van der Waals surface area contributed by atoms with E-state index in [1.807, 2.05) is 38.1 Å². The van der Waals surface area contributed by atoms with Crippen molar-refractivity contribution >= 4 is 18.0 Å². The molecule has 1 atom stereocenters. The zero-order valence-corrected chi connectivity index (χ0v) is 20.6. The van der Waals surface area contributed by atoms with Gasteiger partial charge in [0.05, 0.1) is 5.41 Å². The lowest BCUT2D eigenvalue weighted by Crippen LogP contribution is -2.60. The summed E-state index contributed by atoms with van der Waals surface area (Å²) in [6.07, 6.45) is -0.612. The maximum Gasteiger partial charge on any atom is 0.407 e. The van der Waals surface area contributed by atoms with Crippen LogP contribution >= 0.6 is 0 Å². The van der Waals surface area contributed by atoms with Crippen LogP contribution in [-0.2, 0) is 14.3 Å². The van der Waals surface area contributed by atoms with Crippen molar-refractivity contribution in [2.24, 2.45) is 11.3 Å². The van der Waals surface area contributed by atoms with Gasteiger partial charge in [-0.25, -0.2) is 9.59 Å². The van der Waals surface area contributed by atoms with E-state index < -0.39 is 35.0 Å². The van der Waals surface area contributed by atoms with Crippen LogP contribution in [0.5, 0.6) is 0 Å². The first-order chi connectivity index (χ1) is 15.9. The SMILES string of the molecule is CC(C)C(NC(=O)OCC1c2ccccc2-c2ccccc21)C(C)(C)C(=O)NC(C)(C)C(=O)O. The fourth-order valence-corrected chi connectivity index (χ4v) is 4.59. The minimum atomic E-state index is -1.43. The molecule has 2 amide bonds. The van der Waals surface area contributed by atoms with E-state index in [1.54, 1.807) is 13.8 Å². The maximum absolute atomic E-state index is 13.0. The number of alkyl carbamates (subject to hydrolysis) is 1. The summed E-state index contributed by atoms with van der Waals surface area (Å²) < 4.78 is 5.66. The van der Waals surface area contributed by atoms with Gasteiger partial charge in [-0.1, -0.05) is 62.4 Å². The number of nitrogens with one attached hydrogen (secondary N) is 2. The Labute approximate surface area is 200 Å². The van der Waals surface area contributed by atoms with Crippen LogP contribution in [0.25, 0.3) is 11.1 Å². The molecular formula is C27H34N2O5. The zero-order valence-electron chi connectivity index (χ0n) is 20.6. The van der Waals surface area contributed by atoms with Gasteiger partial charge in [-0.15, -0.1) is 0 Å². The van der Waals surface area contributed by atoms with Crippen molar-refractivity contribution in [3.8, 4) is 11.1 Å². The molecule has 2 aromatic rings. The number of carbonyl (C=O) groups is 3. The van der Waals surface area contributed by atoms with Gasteiger partial charge in [-0.05, 0) is 55.9 Å². The standard InChI is InChI=1S/C27H34N2O5/c1-16(2)22(26(3,4)23(30)29-27(5,6)24(31)32)28-25(33)34-15-21-19-13-9-7-11-17(19)18-12-8-10-14-20(18)21/h7-14,16,21-22H,15H2,1-6H3,(H,28,33)(H,29,30)(H,31,32). The Morgan fingerprint density at radius 2 is 1.44 bits per heavy atom.